The van der Waals surface area contributed by atoms with Gasteiger partial charge in [0.05, 0.1) is 12.5 Å². The molecule has 0 aliphatic heterocycles. The molecule has 0 radical (unpaired) electrons. The SMILES string of the molecule is CC/C=C/CCCCCC[N+](C(CCC)C(=O)[O-])(C(CCC)C(=O)O)C(CCC)C(=O)O. The fourth-order valence-corrected chi connectivity index (χ4v) is 4.92. The van der Waals surface area contributed by atoms with Crippen molar-refractivity contribution in [1.82, 2.24) is 0 Å². The van der Waals surface area contributed by atoms with E-state index in [0.717, 1.165) is 32.1 Å². The Morgan fingerprint density at radius 3 is 1.62 bits per heavy atom. The molecule has 0 saturated carbocycles. The quantitative estimate of drug-likeness (QED) is 0.162. The van der Waals surface area contributed by atoms with E-state index in [9.17, 15) is 29.7 Å². The van der Waals surface area contributed by atoms with Gasteiger partial charge in [0.1, 0.15) is 6.04 Å². The maximum absolute atomic E-state index is 12.4. The van der Waals surface area contributed by atoms with Crippen molar-refractivity contribution in [3.63, 3.8) is 0 Å². The molecule has 3 unspecified atom stereocenters. The zero-order chi connectivity index (χ0) is 24.6. The van der Waals surface area contributed by atoms with E-state index < -0.39 is 40.5 Å². The molecule has 0 bridgehead atoms. The largest absolute Gasteiger partial charge is 0.544 e. The summed E-state index contributed by atoms with van der Waals surface area (Å²) < 4.78 is -0.446. The molecule has 32 heavy (non-hydrogen) atoms. The first-order valence-corrected chi connectivity index (χ1v) is 12.4. The lowest BCUT2D eigenvalue weighted by Gasteiger charge is -2.52. The summed E-state index contributed by atoms with van der Waals surface area (Å²) >= 11 is 0. The van der Waals surface area contributed by atoms with Crippen LogP contribution in [0.2, 0.25) is 0 Å². The van der Waals surface area contributed by atoms with E-state index in [-0.39, 0.29) is 25.8 Å². The maximum Gasteiger partial charge on any atom is 0.362 e. The predicted molar refractivity (Wildman–Crippen MR) is 124 cm³/mol. The van der Waals surface area contributed by atoms with Gasteiger partial charge in [0, 0.05) is 19.3 Å². The standard InChI is InChI=1S/C25H45NO6/c1-5-9-10-11-12-13-14-15-19-26(20(16-6-2)23(27)28,21(17-7-3)24(29)30)22(18-8-4)25(31)32/h9-10,20-22H,5-8,11-19H2,1-4H3,(H2-,27,28,29,30,31,32)/b10-9+. The maximum atomic E-state index is 12.4. The lowest BCUT2D eigenvalue weighted by atomic mass is 9.91. The number of unbranched alkanes of at least 4 members (excludes halogenated alkanes) is 4. The second-order valence-electron chi connectivity index (χ2n) is 8.71. The fraction of sp³-hybridized carbons (Fsp3) is 0.800. The van der Waals surface area contributed by atoms with Gasteiger partial charge >= 0.3 is 11.9 Å². The van der Waals surface area contributed by atoms with Gasteiger partial charge in [-0.05, 0) is 44.9 Å². The third-order valence-corrected chi connectivity index (χ3v) is 6.34. The molecule has 0 saturated heterocycles. The minimum atomic E-state index is -1.35. The van der Waals surface area contributed by atoms with E-state index in [1.165, 1.54) is 0 Å². The van der Waals surface area contributed by atoms with Gasteiger partial charge in [0.15, 0.2) is 12.1 Å². The topological polar surface area (TPSA) is 115 Å². The van der Waals surface area contributed by atoms with Crippen molar-refractivity contribution in [1.29, 1.82) is 0 Å². The number of allylic oxidation sites excluding steroid dienone is 2. The second kappa shape index (κ2) is 16.7. The van der Waals surface area contributed by atoms with Crippen LogP contribution in [0.4, 0.5) is 0 Å². The second-order valence-corrected chi connectivity index (χ2v) is 8.71. The summed E-state index contributed by atoms with van der Waals surface area (Å²) in [5.74, 6) is -3.59. The van der Waals surface area contributed by atoms with E-state index >= 15 is 0 Å². The molecule has 186 valence electrons. The van der Waals surface area contributed by atoms with Crippen molar-refractivity contribution >= 4 is 17.9 Å². The smallest absolute Gasteiger partial charge is 0.362 e. The zero-order valence-corrected chi connectivity index (χ0v) is 20.6. The van der Waals surface area contributed by atoms with Crippen molar-refractivity contribution in [2.75, 3.05) is 6.54 Å². The predicted octanol–water partition coefficient (Wildman–Crippen LogP) is 4.15. The summed E-state index contributed by atoms with van der Waals surface area (Å²) in [5.41, 5.74) is 0. The first-order chi connectivity index (χ1) is 15.2. The molecule has 0 heterocycles. The Morgan fingerprint density at radius 1 is 0.750 bits per heavy atom. The first-order valence-electron chi connectivity index (χ1n) is 12.4. The molecule has 0 spiro atoms. The number of aliphatic carboxylic acids is 3. The Labute approximate surface area is 194 Å². The van der Waals surface area contributed by atoms with Crippen molar-refractivity contribution in [3.05, 3.63) is 12.2 Å². The molecule has 0 aliphatic rings. The van der Waals surface area contributed by atoms with Crippen LogP contribution in [0.1, 0.15) is 105 Å². The van der Waals surface area contributed by atoms with Crippen LogP contribution < -0.4 is 5.11 Å². The molecule has 3 atom stereocenters. The van der Waals surface area contributed by atoms with Crippen molar-refractivity contribution < 1.29 is 34.2 Å². The Bertz CT molecular complexity index is 529. The molecular weight excluding hydrogens is 410 g/mol. The van der Waals surface area contributed by atoms with Gasteiger partial charge in [-0.1, -0.05) is 52.7 Å². The zero-order valence-electron chi connectivity index (χ0n) is 20.6. The Balaban J connectivity index is 6.16. The minimum Gasteiger partial charge on any atom is -0.544 e. The van der Waals surface area contributed by atoms with Gasteiger partial charge in [0.2, 0.25) is 0 Å². The van der Waals surface area contributed by atoms with Crippen LogP contribution in [-0.4, -0.2) is 57.3 Å². The van der Waals surface area contributed by atoms with E-state index in [0.29, 0.717) is 25.7 Å². The average molecular weight is 456 g/mol. The molecule has 0 aliphatic carbocycles. The molecule has 0 fully saturated rings. The Hall–Kier alpha value is -1.89. The van der Waals surface area contributed by atoms with Crippen LogP contribution in [0.5, 0.6) is 0 Å². The van der Waals surface area contributed by atoms with Gasteiger partial charge in [-0.3, -0.25) is 4.48 Å². The number of carbonyl (C=O) groups is 3. The van der Waals surface area contributed by atoms with Crippen molar-refractivity contribution in [2.24, 2.45) is 0 Å². The summed E-state index contributed by atoms with van der Waals surface area (Å²) in [6.07, 6.45) is 11.8. The summed E-state index contributed by atoms with van der Waals surface area (Å²) in [6.45, 7) is 7.83. The first kappa shape index (κ1) is 30.1. The summed E-state index contributed by atoms with van der Waals surface area (Å²) in [6, 6.07) is -3.34. The van der Waals surface area contributed by atoms with Crippen LogP contribution >= 0.6 is 0 Å². The van der Waals surface area contributed by atoms with E-state index in [2.05, 4.69) is 19.1 Å². The molecule has 7 nitrogen and oxygen atoms in total. The summed E-state index contributed by atoms with van der Waals surface area (Å²) in [7, 11) is 0. The highest BCUT2D eigenvalue weighted by molar-refractivity contribution is 5.77. The molecule has 0 amide bonds. The highest BCUT2D eigenvalue weighted by Gasteiger charge is 2.54. The van der Waals surface area contributed by atoms with Crippen molar-refractivity contribution in [3.8, 4) is 0 Å². The van der Waals surface area contributed by atoms with Gasteiger partial charge < -0.3 is 20.1 Å². The van der Waals surface area contributed by atoms with Gasteiger partial charge in [-0.2, -0.15) is 0 Å². The van der Waals surface area contributed by atoms with Crippen LogP contribution in [0.15, 0.2) is 12.2 Å². The highest BCUT2D eigenvalue weighted by Crippen LogP contribution is 2.34. The number of carbonyl (C=O) groups excluding carboxylic acids is 1. The van der Waals surface area contributed by atoms with Crippen LogP contribution in [0.3, 0.4) is 0 Å². The van der Waals surface area contributed by atoms with E-state index in [1.807, 2.05) is 20.8 Å². The molecule has 0 aromatic rings. The van der Waals surface area contributed by atoms with Gasteiger partial charge in [-0.15, -0.1) is 0 Å². The number of carboxylic acid groups (broad SMARTS) is 3. The third kappa shape index (κ3) is 8.93. The number of hydrogen-bond acceptors (Lipinski definition) is 4. The number of carboxylic acids is 3. The lowest BCUT2D eigenvalue weighted by molar-refractivity contribution is -0.975. The van der Waals surface area contributed by atoms with Crippen LogP contribution in [0.25, 0.3) is 0 Å². The number of quaternary nitrogens is 1. The number of hydrogen-bond donors (Lipinski definition) is 2. The van der Waals surface area contributed by atoms with Crippen LogP contribution in [0, 0.1) is 0 Å². The molecule has 0 rings (SSSR count). The van der Waals surface area contributed by atoms with Gasteiger partial charge in [0.25, 0.3) is 0 Å². The monoisotopic (exact) mass is 455 g/mol. The molecule has 7 heteroatoms. The molecular formula is C25H45NO6. The molecule has 0 aromatic heterocycles. The van der Waals surface area contributed by atoms with E-state index in [1.54, 1.807) is 0 Å². The minimum absolute atomic E-state index is 0.200. The normalized spacial score (nSPS) is 16.4. The fourth-order valence-electron chi connectivity index (χ4n) is 4.92. The summed E-state index contributed by atoms with van der Waals surface area (Å²) in [4.78, 5) is 37.1. The van der Waals surface area contributed by atoms with Crippen LogP contribution in [-0.2, 0) is 14.4 Å². The lowest BCUT2D eigenvalue weighted by Crippen LogP contribution is -2.74. The molecule has 0 aromatic carbocycles. The third-order valence-electron chi connectivity index (χ3n) is 6.34. The average Bonchev–Trinajstić information content (AvgIpc) is 2.73. The number of rotatable bonds is 20. The van der Waals surface area contributed by atoms with E-state index in [4.69, 9.17) is 0 Å². The highest BCUT2D eigenvalue weighted by atomic mass is 16.4. The summed E-state index contributed by atoms with van der Waals surface area (Å²) in [5, 5.41) is 32.6. The Kier molecular flexibility index (Phi) is 15.7. The Morgan fingerprint density at radius 2 is 1.22 bits per heavy atom. The van der Waals surface area contributed by atoms with Gasteiger partial charge in [-0.25, -0.2) is 9.59 Å². The van der Waals surface area contributed by atoms with Crippen molar-refractivity contribution in [2.45, 2.75) is 123 Å². The molecule has 2 N–H and O–H groups in total. The number of nitrogens with zero attached hydrogens (tertiary/aromatic N) is 1.